The van der Waals surface area contributed by atoms with Crippen LogP contribution in [-0.2, 0) is 0 Å². The van der Waals surface area contributed by atoms with Crippen LogP contribution in [0.4, 0.5) is 13.9 Å². The molecule has 0 spiro atoms. The number of carbonyl (C=O) groups is 1. The first-order chi connectivity index (χ1) is 14.3. The summed E-state index contributed by atoms with van der Waals surface area (Å²) in [6.07, 6.45) is 0. The first-order valence-electron chi connectivity index (χ1n) is 8.94. The Morgan fingerprint density at radius 3 is 2.60 bits per heavy atom. The lowest BCUT2D eigenvalue weighted by molar-refractivity contribution is 0.102. The van der Waals surface area contributed by atoms with Gasteiger partial charge in [-0.1, -0.05) is 11.3 Å². The van der Waals surface area contributed by atoms with Crippen LogP contribution in [0.1, 0.15) is 27.2 Å². The fourth-order valence-electron chi connectivity index (χ4n) is 2.84. The number of carbonyl (C=O) groups excluding carboxylic acids is 1. The quantitative estimate of drug-likeness (QED) is 0.528. The van der Waals surface area contributed by atoms with Crippen molar-refractivity contribution in [2.75, 3.05) is 5.32 Å². The van der Waals surface area contributed by atoms with Gasteiger partial charge in [0.1, 0.15) is 11.5 Å². The summed E-state index contributed by atoms with van der Waals surface area (Å²) in [6, 6.07) is 8.62. The summed E-state index contributed by atoms with van der Waals surface area (Å²) in [4.78, 5) is 16.8. The van der Waals surface area contributed by atoms with Crippen LogP contribution >= 0.6 is 11.5 Å². The molecule has 4 rings (SSSR count). The molecule has 2 aromatic heterocycles. The lowest BCUT2D eigenvalue weighted by Gasteiger charge is -2.05. The molecule has 0 aliphatic heterocycles. The topological polar surface area (TPSA) is 85.6 Å². The van der Waals surface area contributed by atoms with Gasteiger partial charge in [0.15, 0.2) is 17.3 Å². The second-order valence-electron chi connectivity index (χ2n) is 6.71. The minimum absolute atomic E-state index is 0.0612. The first kappa shape index (κ1) is 19.8. The molecule has 7 nitrogen and oxygen atoms in total. The lowest BCUT2D eigenvalue weighted by Crippen LogP contribution is -2.12. The fourth-order valence-corrected chi connectivity index (χ4v) is 3.41. The molecule has 30 heavy (non-hydrogen) atoms. The van der Waals surface area contributed by atoms with Crippen LogP contribution in [-0.4, -0.2) is 30.3 Å². The van der Waals surface area contributed by atoms with E-state index in [2.05, 4.69) is 25.0 Å². The maximum atomic E-state index is 14.1. The van der Waals surface area contributed by atoms with Crippen molar-refractivity contribution in [2.24, 2.45) is 0 Å². The standard InChI is InChI=1S/C20H16F2N6OS/c1-10-4-5-13(8-11(10)2)19(29)24-20-23-18(26-30-20)17-12(3)28(27-25-17)16-7-6-14(21)9-15(16)22/h4-9H,1-3H3,(H,23,24,26,29). The second-order valence-corrected chi connectivity index (χ2v) is 7.46. The minimum atomic E-state index is -0.762. The molecule has 0 aliphatic rings. The summed E-state index contributed by atoms with van der Waals surface area (Å²) in [5.74, 6) is -1.49. The molecule has 0 bridgehead atoms. The summed E-state index contributed by atoms with van der Waals surface area (Å²) < 4.78 is 32.7. The molecule has 152 valence electrons. The molecule has 1 amide bonds. The molecule has 10 heteroatoms. The zero-order valence-electron chi connectivity index (χ0n) is 16.3. The van der Waals surface area contributed by atoms with Gasteiger partial charge in [-0.2, -0.15) is 9.36 Å². The predicted octanol–water partition coefficient (Wildman–Crippen LogP) is 4.24. The molecule has 0 aliphatic carbocycles. The molecule has 0 fully saturated rings. The highest BCUT2D eigenvalue weighted by Crippen LogP contribution is 2.25. The van der Waals surface area contributed by atoms with Gasteiger partial charge >= 0.3 is 0 Å². The minimum Gasteiger partial charge on any atom is -0.297 e. The van der Waals surface area contributed by atoms with Gasteiger partial charge in [0.05, 0.1) is 5.69 Å². The fraction of sp³-hybridized carbons (Fsp3) is 0.150. The molecule has 0 atom stereocenters. The molecule has 4 aromatic rings. The molecule has 1 N–H and O–H groups in total. The normalized spacial score (nSPS) is 11.0. The molecular weight excluding hydrogens is 410 g/mol. The highest BCUT2D eigenvalue weighted by Gasteiger charge is 2.19. The largest absolute Gasteiger partial charge is 0.297 e. The number of amides is 1. The third-order valence-corrected chi connectivity index (χ3v) is 5.29. The van der Waals surface area contributed by atoms with Gasteiger partial charge in [-0.3, -0.25) is 10.1 Å². The number of nitrogens with one attached hydrogen (secondary N) is 1. The Morgan fingerprint density at radius 1 is 1.07 bits per heavy atom. The van der Waals surface area contributed by atoms with Crippen molar-refractivity contribution in [1.29, 1.82) is 0 Å². The zero-order chi connectivity index (χ0) is 21.4. The van der Waals surface area contributed by atoms with Crippen molar-refractivity contribution in [1.82, 2.24) is 24.4 Å². The van der Waals surface area contributed by atoms with Gasteiger partial charge in [0, 0.05) is 23.2 Å². The first-order valence-corrected chi connectivity index (χ1v) is 9.71. The van der Waals surface area contributed by atoms with Gasteiger partial charge in [-0.15, -0.1) is 5.10 Å². The number of nitrogens with zero attached hydrogens (tertiary/aromatic N) is 5. The van der Waals surface area contributed by atoms with Gasteiger partial charge in [0.2, 0.25) is 5.13 Å². The molecule has 2 heterocycles. The third kappa shape index (κ3) is 3.69. The number of halogens is 2. The van der Waals surface area contributed by atoms with Gasteiger partial charge in [-0.25, -0.2) is 13.5 Å². The average Bonchev–Trinajstić information content (AvgIpc) is 3.30. The van der Waals surface area contributed by atoms with Crippen LogP contribution in [0.5, 0.6) is 0 Å². The Hall–Kier alpha value is -3.53. The summed E-state index contributed by atoms with van der Waals surface area (Å²) in [5, 5.41) is 11.0. The highest BCUT2D eigenvalue weighted by atomic mass is 32.1. The van der Waals surface area contributed by atoms with E-state index in [4.69, 9.17) is 0 Å². The lowest BCUT2D eigenvalue weighted by atomic mass is 10.1. The van der Waals surface area contributed by atoms with E-state index in [-0.39, 0.29) is 17.4 Å². The molecular formula is C20H16F2N6OS. The van der Waals surface area contributed by atoms with E-state index in [0.29, 0.717) is 22.1 Å². The SMILES string of the molecule is Cc1ccc(C(=O)Nc2nc(-c3nnn(-c4ccc(F)cc4F)c3C)ns2)cc1C. The van der Waals surface area contributed by atoms with Crippen molar-refractivity contribution in [2.45, 2.75) is 20.8 Å². The number of rotatable bonds is 4. The van der Waals surface area contributed by atoms with E-state index in [1.54, 1.807) is 19.1 Å². The van der Waals surface area contributed by atoms with Crippen LogP contribution < -0.4 is 5.32 Å². The van der Waals surface area contributed by atoms with Crippen molar-refractivity contribution >= 4 is 22.6 Å². The Balaban J connectivity index is 1.58. The van der Waals surface area contributed by atoms with Crippen LogP contribution in [0.3, 0.4) is 0 Å². The van der Waals surface area contributed by atoms with Crippen molar-refractivity contribution in [3.63, 3.8) is 0 Å². The second kappa shape index (κ2) is 7.71. The van der Waals surface area contributed by atoms with Crippen molar-refractivity contribution in [3.05, 3.63) is 70.4 Å². The third-order valence-electron chi connectivity index (χ3n) is 4.66. The summed E-state index contributed by atoms with van der Waals surface area (Å²) in [7, 11) is 0. The summed E-state index contributed by atoms with van der Waals surface area (Å²) in [6.45, 7) is 5.58. The molecule has 0 radical (unpaired) electrons. The monoisotopic (exact) mass is 426 g/mol. The van der Waals surface area contributed by atoms with Gasteiger partial charge < -0.3 is 0 Å². The summed E-state index contributed by atoms with van der Waals surface area (Å²) >= 11 is 1.000. The maximum absolute atomic E-state index is 14.1. The number of anilines is 1. The summed E-state index contributed by atoms with van der Waals surface area (Å²) in [5.41, 5.74) is 3.50. The molecule has 0 saturated heterocycles. The van der Waals surface area contributed by atoms with Gasteiger partial charge in [0.25, 0.3) is 5.91 Å². The Bertz CT molecular complexity index is 1270. The van der Waals surface area contributed by atoms with Gasteiger partial charge in [-0.05, 0) is 56.2 Å². The Morgan fingerprint density at radius 2 is 1.87 bits per heavy atom. The number of hydrogen-bond donors (Lipinski definition) is 1. The zero-order valence-corrected chi connectivity index (χ0v) is 17.1. The van der Waals surface area contributed by atoms with Crippen LogP contribution in [0.2, 0.25) is 0 Å². The van der Waals surface area contributed by atoms with E-state index >= 15 is 0 Å². The highest BCUT2D eigenvalue weighted by molar-refractivity contribution is 7.10. The number of benzene rings is 2. The van der Waals surface area contributed by atoms with E-state index in [1.807, 2.05) is 19.9 Å². The van der Waals surface area contributed by atoms with Crippen molar-refractivity contribution in [3.8, 4) is 17.2 Å². The maximum Gasteiger partial charge on any atom is 0.257 e. The van der Waals surface area contributed by atoms with Crippen LogP contribution in [0.25, 0.3) is 17.2 Å². The average molecular weight is 426 g/mol. The number of hydrogen-bond acceptors (Lipinski definition) is 6. The van der Waals surface area contributed by atoms with Crippen LogP contribution in [0.15, 0.2) is 36.4 Å². The van der Waals surface area contributed by atoms with Crippen LogP contribution in [0, 0.1) is 32.4 Å². The van der Waals surface area contributed by atoms with E-state index < -0.39 is 11.6 Å². The molecule has 0 unspecified atom stereocenters. The smallest absolute Gasteiger partial charge is 0.257 e. The van der Waals surface area contributed by atoms with Crippen molar-refractivity contribution < 1.29 is 13.6 Å². The van der Waals surface area contributed by atoms with E-state index in [1.165, 1.54) is 10.7 Å². The molecule has 0 saturated carbocycles. The number of aromatic nitrogens is 5. The number of aryl methyl sites for hydroxylation is 2. The Labute approximate surface area is 174 Å². The predicted molar refractivity (Wildman–Crippen MR) is 109 cm³/mol. The Kier molecular flexibility index (Phi) is 5.08. The van der Waals surface area contributed by atoms with E-state index in [0.717, 1.165) is 34.8 Å². The molecule has 2 aromatic carbocycles. The van der Waals surface area contributed by atoms with E-state index in [9.17, 15) is 13.6 Å².